The van der Waals surface area contributed by atoms with E-state index in [4.69, 9.17) is 17.3 Å². The van der Waals surface area contributed by atoms with Gasteiger partial charge in [0.15, 0.2) is 0 Å². The highest BCUT2D eigenvalue weighted by Crippen LogP contribution is 2.18. The molecule has 0 bridgehead atoms. The number of halogens is 2. The number of benzene rings is 1. The smallest absolute Gasteiger partial charge is 0.228 e. The highest BCUT2D eigenvalue weighted by atomic mass is 35.5. The molecule has 0 radical (unpaired) electrons. The van der Waals surface area contributed by atoms with E-state index in [1.165, 1.54) is 18.2 Å². The topological polar surface area (TPSA) is 55.1 Å². The number of amides is 1. The zero-order chi connectivity index (χ0) is 11.4. The van der Waals surface area contributed by atoms with E-state index >= 15 is 0 Å². The summed E-state index contributed by atoms with van der Waals surface area (Å²) in [5, 5.41) is 2.57. The van der Waals surface area contributed by atoms with Gasteiger partial charge in [0.25, 0.3) is 0 Å². The van der Waals surface area contributed by atoms with Crippen LogP contribution in [0.25, 0.3) is 0 Å². The second kappa shape index (κ2) is 5.09. The van der Waals surface area contributed by atoms with Gasteiger partial charge < -0.3 is 11.1 Å². The summed E-state index contributed by atoms with van der Waals surface area (Å²) in [5.74, 6) is -1.10. The van der Waals surface area contributed by atoms with Crippen LogP contribution in [0.3, 0.4) is 0 Å². The van der Waals surface area contributed by atoms with E-state index in [-0.39, 0.29) is 23.4 Å². The molecule has 1 rings (SSSR count). The van der Waals surface area contributed by atoms with Gasteiger partial charge in [0.05, 0.1) is 5.02 Å². The van der Waals surface area contributed by atoms with E-state index in [0.717, 1.165) is 0 Å². The molecule has 3 N–H and O–H groups in total. The maximum Gasteiger partial charge on any atom is 0.228 e. The molecule has 1 amide bonds. The fourth-order valence-corrected chi connectivity index (χ4v) is 1.06. The van der Waals surface area contributed by atoms with Gasteiger partial charge in [-0.1, -0.05) is 18.5 Å². The minimum atomic E-state index is -0.560. The van der Waals surface area contributed by atoms with Crippen molar-refractivity contribution in [2.45, 2.75) is 6.92 Å². The van der Waals surface area contributed by atoms with E-state index in [1.54, 1.807) is 6.92 Å². The Kier molecular flexibility index (Phi) is 4.05. The fraction of sp³-hybridized carbons (Fsp3) is 0.300. The number of nitrogens with two attached hydrogens (primary N) is 1. The van der Waals surface area contributed by atoms with Crippen LogP contribution in [0.2, 0.25) is 5.02 Å². The molecule has 82 valence electrons. The second-order valence-corrected chi connectivity index (χ2v) is 3.66. The van der Waals surface area contributed by atoms with Gasteiger partial charge in [-0.2, -0.15) is 0 Å². The number of nitrogens with one attached hydrogen (secondary N) is 1. The molecule has 3 nitrogen and oxygen atoms in total. The Morgan fingerprint density at radius 1 is 1.67 bits per heavy atom. The maximum absolute atomic E-state index is 13.0. The summed E-state index contributed by atoms with van der Waals surface area (Å²) in [6.07, 6.45) is 0. The van der Waals surface area contributed by atoms with Crippen LogP contribution >= 0.6 is 11.6 Å². The molecule has 0 aromatic heterocycles. The summed E-state index contributed by atoms with van der Waals surface area (Å²) in [5.41, 5.74) is 5.70. The van der Waals surface area contributed by atoms with Crippen LogP contribution in [0.4, 0.5) is 10.1 Å². The average Bonchev–Trinajstić information content (AvgIpc) is 2.22. The van der Waals surface area contributed by atoms with Crippen molar-refractivity contribution in [3.05, 3.63) is 29.0 Å². The molecule has 15 heavy (non-hydrogen) atoms. The van der Waals surface area contributed by atoms with Gasteiger partial charge >= 0.3 is 0 Å². The third-order valence-electron chi connectivity index (χ3n) is 1.99. The van der Waals surface area contributed by atoms with E-state index in [9.17, 15) is 9.18 Å². The number of anilines is 1. The lowest BCUT2D eigenvalue weighted by Crippen LogP contribution is -2.26. The van der Waals surface area contributed by atoms with Crippen molar-refractivity contribution in [1.29, 1.82) is 0 Å². The molecule has 0 heterocycles. The van der Waals surface area contributed by atoms with Crippen molar-refractivity contribution in [3.8, 4) is 0 Å². The average molecular weight is 231 g/mol. The van der Waals surface area contributed by atoms with Crippen molar-refractivity contribution < 1.29 is 9.18 Å². The molecule has 5 heteroatoms. The number of hydrogen-bond acceptors (Lipinski definition) is 2. The molecule has 0 saturated heterocycles. The summed E-state index contributed by atoms with van der Waals surface area (Å²) >= 11 is 5.50. The van der Waals surface area contributed by atoms with Crippen LogP contribution in [-0.4, -0.2) is 12.5 Å². The van der Waals surface area contributed by atoms with Crippen molar-refractivity contribution >= 4 is 23.2 Å². The molecule has 0 aliphatic carbocycles. The predicted octanol–water partition coefficient (Wildman–Crippen LogP) is 2.01. The molecular formula is C10H12ClFN2O. The monoisotopic (exact) mass is 230 g/mol. The number of carbonyl (C=O) groups is 1. The Morgan fingerprint density at radius 2 is 2.33 bits per heavy atom. The van der Waals surface area contributed by atoms with Crippen molar-refractivity contribution in [3.63, 3.8) is 0 Å². The Hall–Kier alpha value is -1.13. The zero-order valence-corrected chi connectivity index (χ0v) is 9.01. The van der Waals surface area contributed by atoms with Gasteiger partial charge in [0.2, 0.25) is 5.91 Å². The van der Waals surface area contributed by atoms with Gasteiger partial charge in [0.1, 0.15) is 5.82 Å². The summed E-state index contributed by atoms with van der Waals surface area (Å²) in [7, 11) is 0. The lowest BCUT2D eigenvalue weighted by atomic mass is 10.1. The Bertz CT molecular complexity index is 370. The molecule has 1 unspecified atom stereocenters. The third kappa shape index (κ3) is 3.18. The van der Waals surface area contributed by atoms with Crippen LogP contribution in [0, 0.1) is 11.7 Å². The SMILES string of the molecule is CC(CN)C(=O)Nc1ccc(Cl)c(F)c1. The Balaban J connectivity index is 2.73. The lowest BCUT2D eigenvalue weighted by molar-refractivity contribution is -0.119. The summed E-state index contributed by atoms with van der Waals surface area (Å²) < 4.78 is 13.0. The number of rotatable bonds is 3. The minimum Gasteiger partial charge on any atom is -0.330 e. The first-order valence-corrected chi connectivity index (χ1v) is 4.88. The first-order chi connectivity index (χ1) is 7.04. The van der Waals surface area contributed by atoms with E-state index in [0.29, 0.717) is 5.69 Å². The van der Waals surface area contributed by atoms with Gasteiger partial charge in [-0.05, 0) is 18.2 Å². The van der Waals surface area contributed by atoms with E-state index in [2.05, 4.69) is 5.32 Å². The third-order valence-corrected chi connectivity index (χ3v) is 2.29. The largest absolute Gasteiger partial charge is 0.330 e. The Morgan fingerprint density at radius 3 is 2.87 bits per heavy atom. The quantitative estimate of drug-likeness (QED) is 0.835. The van der Waals surface area contributed by atoms with Crippen LogP contribution in [-0.2, 0) is 4.79 Å². The molecule has 0 fully saturated rings. The maximum atomic E-state index is 13.0. The number of carbonyl (C=O) groups excluding carboxylic acids is 1. The second-order valence-electron chi connectivity index (χ2n) is 3.25. The predicted molar refractivity (Wildman–Crippen MR) is 58.3 cm³/mol. The van der Waals surface area contributed by atoms with Gasteiger partial charge in [0, 0.05) is 18.2 Å². The highest BCUT2D eigenvalue weighted by molar-refractivity contribution is 6.30. The van der Waals surface area contributed by atoms with Crippen LogP contribution < -0.4 is 11.1 Å². The standard InChI is InChI=1S/C10H12ClFN2O/c1-6(5-13)10(15)14-7-2-3-8(11)9(12)4-7/h2-4,6H,5,13H2,1H3,(H,14,15). The first-order valence-electron chi connectivity index (χ1n) is 4.50. The van der Waals surface area contributed by atoms with E-state index < -0.39 is 5.82 Å². The zero-order valence-electron chi connectivity index (χ0n) is 8.26. The summed E-state index contributed by atoms with van der Waals surface area (Å²) in [6.45, 7) is 1.95. The molecule has 1 atom stereocenters. The van der Waals surface area contributed by atoms with Gasteiger partial charge in [-0.25, -0.2) is 4.39 Å². The van der Waals surface area contributed by atoms with Gasteiger partial charge in [-0.3, -0.25) is 4.79 Å². The fourth-order valence-electron chi connectivity index (χ4n) is 0.946. The normalized spacial score (nSPS) is 12.3. The minimum absolute atomic E-state index is 0.0277. The summed E-state index contributed by atoms with van der Waals surface area (Å²) in [4.78, 5) is 11.4. The summed E-state index contributed by atoms with van der Waals surface area (Å²) in [6, 6.07) is 4.09. The highest BCUT2D eigenvalue weighted by Gasteiger charge is 2.11. The molecule has 0 spiro atoms. The van der Waals surface area contributed by atoms with Crippen LogP contribution in [0.1, 0.15) is 6.92 Å². The van der Waals surface area contributed by atoms with Crippen LogP contribution in [0.15, 0.2) is 18.2 Å². The molecule has 0 saturated carbocycles. The molecule has 1 aromatic carbocycles. The molecule has 0 aliphatic heterocycles. The van der Waals surface area contributed by atoms with Crippen molar-refractivity contribution in [1.82, 2.24) is 0 Å². The first kappa shape index (κ1) is 11.9. The Labute approximate surface area is 92.4 Å². The molecular weight excluding hydrogens is 219 g/mol. The number of hydrogen-bond donors (Lipinski definition) is 2. The van der Waals surface area contributed by atoms with E-state index in [1.807, 2.05) is 0 Å². The molecule has 1 aromatic rings. The lowest BCUT2D eigenvalue weighted by Gasteiger charge is -2.09. The van der Waals surface area contributed by atoms with Crippen LogP contribution in [0.5, 0.6) is 0 Å². The van der Waals surface area contributed by atoms with Gasteiger partial charge in [-0.15, -0.1) is 0 Å². The van der Waals surface area contributed by atoms with Crippen molar-refractivity contribution in [2.24, 2.45) is 11.7 Å². The molecule has 0 aliphatic rings. The van der Waals surface area contributed by atoms with Crippen molar-refractivity contribution in [2.75, 3.05) is 11.9 Å².